The molecule has 2 nitrogen and oxygen atoms in total. The summed E-state index contributed by atoms with van der Waals surface area (Å²) in [7, 11) is 1.69. The Morgan fingerprint density at radius 1 is 1.23 bits per heavy atom. The Kier molecular flexibility index (Phi) is 1.68. The molecule has 74 valence electrons. The number of ether oxygens (including phenoxy) is 1. The van der Waals surface area contributed by atoms with Crippen LogP contribution < -0.4 is 0 Å². The number of aliphatic hydroxyl groups is 1. The van der Waals surface area contributed by atoms with E-state index in [2.05, 4.69) is 19.1 Å². The van der Waals surface area contributed by atoms with E-state index in [-0.39, 0.29) is 5.41 Å². The predicted molar refractivity (Wildman–Crippen MR) is 51.5 cm³/mol. The second-order valence-electron chi connectivity index (χ2n) is 5.03. The van der Waals surface area contributed by atoms with Crippen LogP contribution in [0.4, 0.5) is 0 Å². The van der Waals surface area contributed by atoms with Crippen LogP contribution in [0.3, 0.4) is 0 Å². The quantitative estimate of drug-likeness (QED) is 0.627. The van der Waals surface area contributed by atoms with E-state index in [1.54, 1.807) is 7.11 Å². The summed E-state index contributed by atoms with van der Waals surface area (Å²) in [5.74, 6) is 0. The molecule has 1 N–H and O–H groups in total. The average molecular weight is 182 g/mol. The van der Waals surface area contributed by atoms with Crippen molar-refractivity contribution >= 4 is 0 Å². The zero-order valence-electron chi connectivity index (χ0n) is 8.63. The third kappa shape index (κ3) is 1.09. The topological polar surface area (TPSA) is 29.5 Å². The average Bonchev–Trinajstić information content (AvgIpc) is 2.03. The van der Waals surface area contributed by atoms with E-state index in [1.807, 2.05) is 6.92 Å². The summed E-state index contributed by atoms with van der Waals surface area (Å²) in [4.78, 5) is 0. The van der Waals surface area contributed by atoms with Crippen LogP contribution in [0.2, 0.25) is 0 Å². The van der Waals surface area contributed by atoms with Crippen molar-refractivity contribution in [1.29, 1.82) is 0 Å². The second kappa shape index (κ2) is 2.37. The van der Waals surface area contributed by atoms with E-state index in [4.69, 9.17) is 4.74 Å². The van der Waals surface area contributed by atoms with Crippen molar-refractivity contribution in [1.82, 2.24) is 0 Å². The lowest BCUT2D eigenvalue weighted by atomic mass is 9.57. The van der Waals surface area contributed by atoms with Crippen LogP contribution in [0.5, 0.6) is 0 Å². The molecule has 3 rings (SSSR count). The van der Waals surface area contributed by atoms with Gasteiger partial charge in [0.25, 0.3) is 0 Å². The third-order valence-electron chi connectivity index (χ3n) is 3.85. The lowest BCUT2D eigenvalue weighted by molar-refractivity contribution is -0.181. The summed E-state index contributed by atoms with van der Waals surface area (Å²) >= 11 is 0. The fourth-order valence-electron chi connectivity index (χ4n) is 2.90. The van der Waals surface area contributed by atoms with Gasteiger partial charge in [-0.25, -0.2) is 0 Å². The van der Waals surface area contributed by atoms with Gasteiger partial charge in [-0.05, 0) is 31.6 Å². The van der Waals surface area contributed by atoms with Gasteiger partial charge in [-0.1, -0.05) is 19.1 Å². The Balaban J connectivity index is 2.44. The number of methoxy groups -OCH3 is 1. The maximum absolute atomic E-state index is 10.3. The lowest BCUT2D eigenvalue weighted by Crippen LogP contribution is -2.60. The Hall–Kier alpha value is -0.340. The van der Waals surface area contributed by atoms with Gasteiger partial charge < -0.3 is 9.84 Å². The molecule has 0 aromatic carbocycles. The van der Waals surface area contributed by atoms with Crippen molar-refractivity contribution in [2.75, 3.05) is 7.11 Å². The first-order valence-electron chi connectivity index (χ1n) is 4.91. The van der Waals surface area contributed by atoms with Crippen LogP contribution in [0.1, 0.15) is 33.1 Å². The van der Waals surface area contributed by atoms with Gasteiger partial charge >= 0.3 is 0 Å². The second-order valence-corrected chi connectivity index (χ2v) is 5.03. The summed E-state index contributed by atoms with van der Waals surface area (Å²) in [6.07, 6.45) is 7.12. The summed E-state index contributed by atoms with van der Waals surface area (Å²) in [6, 6.07) is 0. The minimum absolute atomic E-state index is 0.184. The van der Waals surface area contributed by atoms with E-state index < -0.39 is 11.2 Å². The first-order valence-corrected chi connectivity index (χ1v) is 4.91. The predicted octanol–water partition coefficient (Wildman–Crippen LogP) is 1.88. The number of hydrogen-bond donors (Lipinski definition) is 1. The number of fused-ring (bicyclic) bond motifs is 2. The van der Waals surface area contributed by atoms with Crippen LogP contribution in [0.15, 0.2) is 12.2 Å². The Morgan fingerprint density at radius 2 is 1.92 bits per heavy atom. The maximum atomic E-state index is 10.3. The standard InChI is InChI=1S/C11H18O2/c1-9-4-6-11(13-3,7-5-9)10(2,12)8-9/h4,6,12H,5,7-8H2,1-3H3/t9-,10+,11-/m1/s1. The molecular formula is C11H18O2. The van der Waals surface area contributed by atoms with E-state index in [0.717, 1.165) is 19.3 Å². The Morgan fingerprint density at radius 3 is 2.31 bits per heavy atom. The summed E-state index contributed by atoms with van der Waals surface area (Å²) in [5, 5.41) is 10.3. The van der Waals surface area contributed by atoms with E-state index >= 15 is 0 Å². The molecule has 0 heterocycles. The summed E-state index contributed by atoms with van der Waals surface area (Å²) in [6.45, 7) is 4.09. The molecule has 13 heavy (non-hydrogen) atoms. The SMILES string of the molecule is CO[C@]12C=C[C@](C)(CC1)C[C@]2(C)O. The molecule has 0 aliphatic heterocycles. The Bertz CT molecular complexity index is 257. The monoisotopic (exact) mass is 182 g/mol. The van der Waals surface area contributed by atoms with Crippen molar-refractivity contribution in [3.8, 4) is 0 Å². The molecule has 0 aromatic heterocycles. The van der Waals surface area contributed by atoms with E-state index in [9.17, 15) is 5.11 Å². The normalized spacial score (nSPS) is 54.2. The highest BCUT2D eigenvalue weighted by molar-refractivity contribution is 5.25. The summed E-state index contributed by atoms with van der Waals surface area (Å²) in [5.41, 5.74) is -0.946. The highest BCUT2D eigenvalue weighted by Crippen LogP contribution is 2.53. The molecule has 0 aromatic rings. The zero-order chi connectivity index (χ0) is 9.74. The van der Waals surface area contributed by atoms with Crippen LogP contribution in [0, 0.1) is 5.41 Å². The number of allylic oxidation sites excluding steroid dienone is 1. The first-order chi connectivity index (χ1) is 5.93. The van der Waals surface area contributed by atoms with Gasteiger partial charge in [0, 0.05) is 7.11 Å². The molecule has 0 amide bonds. The van der Waals surface area contributed by atoms with Crippen molar-refractivity contribution in [3.63, 3.8) is 0 Å². The lowest BCUT2D eigenvalue weighted by Gasteiger charge is -2.55. The minimum atomic E-state index is -0.705. The van der Waals surface area contributed by atoms with Crippen molar-refractivity contribution in [3.05, 3.63) is 12.2 Å². The molecule has 2 heteroatoms. The van der Waals surface area contributed by atoms with Gasteiger partial charge in [0.15, 0.2) is 0 Å². The maximum Gasteiger partial charge on any atom is 0.114 e. The molecule has 3 atom stereocenters. The highest BCUT2D eigenvalue weighted by Gasteiger charge is 2.56. The molecule has 2 bridgehead atoms. The van der Waals surface area contributed by atoms with Crippen LogP contribution in [-0.4, -0.2) is 23.4 Å². The minimum Gasteiger partial charge on any atom is -0.387 e. The molecule has 0 unspecified atom stereocenters. The van der Waals surface area contributed by atoms with Gasteiger partial charge in [0.1, 0.15) is 5.60 Å². The molecular weight excluding hydrogens is 164 g/mol. The van der Waals surface area contributed by atoms with Crippen LogP contribution >= 0.6 is 0 Å². The van der Waals surface area contributed by atoms with Gasteiger partial charge in [-0.3, -0.25) is 0 Å². The summed E-state index contributed by atoms with van der Waals surface area (Å²) < 4.78 is 5.49. The van der Waals surface area contributed by atoms with Crippen molar-refractivity contribution in [2.24, 2.45) is 5.41 Å². The largest absolute Gasteiger partial charge is 0.387 e. The molecule has 1 saturated carbocycles. The van der Waals surface area contributed by atoms with Gasteiger partial charge in [-0.2, -0.15) is 0 Å². The molecule has 3 aliphatic carbocycles. The number of rotatable bonds is 1. The molecule has 3 aliphatic rings. The molecule has 1 fully saturated rings. The van der Waals surface area contributed by atoms with E-state index in [0.29, 0.717) is 0 Å². The van der Waals surface area contributed by atoms with Crippen LogP contribution in [-0.2, 0) is 4.74 Å². The first kappa shape index (κ1) is 9.22. The van der Waals surface area contributed by atoms with Crippen molar-refractivity contribution in [2.45, 2.75) is 44.3 Å². The van der Waals surface area contributed by atoms with E-state index in [1.165, 1.54) is 0 Å². The highest BCUT2D eigenvalue weighted by atomic mass is 16.5. The smallest absolute Gasteiger partial charge is 0.114 e. The molecule has 0 radical (unpaired) electrons. The molecule has 0 saturated heterocycles. The van der Waals surface area contributed by atoms with Crippen molar-refractivity contribution < 1.29 is 9.84 Å². The Labute approximate surface area is 79.6 Å². The fraction of sp³-hybridized carbons (Fsp3) is 0.818. The zero-order valence-corrected chi connectivity index (χ0v) is 8.63. The van der Waals surface area contributed by atoms with Crippen LogP contribution in [0.25, 0.3) is 0 Å². The van der Waals surface area contributed by atoms with Gasteiger partial charge in [0.05, 0.1) is 5.60 Å². The molecule has 0 spiro atoms. The fourth-order valence-corrected chi connectivity index (χ4v) is 2.90. The van der Waals surface area contributed by atoms with Gasteiger partial charge in [0.2, 0.25) is 0 Å². The third-order valence-corrected chi connectivity index (χ3v) is 3.85. The van der Waals surface area contributed by atoms with Gasteiger partial charge in [-0.15, -0.1) is 0 Å². The number of hydrogen-bond acceptors (Lipinski definition) is 2.